The van der Waals surface area contributed by atoms with E-state index in [0.29, 0.717) is 10.9 Å². The Morgan fingerprint density at radius 2 is 1.97 bits per heavy atom. The summed E-state index contributed by atoms with van der Waals surface area (Å²) in [7, 11) is 0. The highest BCUT2D eigenvalue weighted by Gasteiger charge is 2.29. The second kappa shape index (κ2) is 6.47. The molecule has 0 atom stereocenters. The Hall–Kier alpha value is -3.63. The molecular weight excluding hydrogens is 394 g/mol. The number of ether oxygens (including phenoxy) is 1. The van der Waals surface area contributed by atoms with Crippen molar-refractivity contribution < 1.29 is 22.3 Å². The third-order valence-electron chi connectivity index (χ3n) is 4.51. The molecule has 0 bridgehead atoms. The quantitative estimate of drug-likeness (QED) is 0.451. The number of fused-ring (bicyclic) bond motifs is 2. The number of nitrogens with one attached hydrogen (secondary N) is 2. The molecule has 0 radical (unpaired) electrons. The molecule has 3 heterocycles. The molecule has 0 fully saturated rings. The van der Waals surface area contributed by atoms with Crippen LogP contribution in [0.1, 0.15) is 5.56 Å². The van der Waals surface area contributed by atoms with Gasteiger partial charge in [0.2, 0.25) is 0 Å². The molecule has 4 aromatic rings. The molecule has 150 valence electrons. The van der Waals surface area contributed by atoms with Gasteiger partial charge in [-0.2, -0.15) is 18.3 Å². The zero-order valence-corrected chi connectivity index (χ0v) is 14.8. The molecule has 0 saturated heterocycles. The maximum Gasteiger partial charge on any atom is 0.422 e. The van der Waals surface area contributed by atoms with Crippen LogP contribution in [0.3, 0.4) is 0 Å². The minimum atomic E-state index is -4.53. The maximum absolute atomic E-state index is 14.0. The van der Waals surface area contributed by atoms with Crippen LogP contribution in [0.4, 0.5) is 23.2 Å². The smallest absolute Gasteiger partial charge is 0.422 e. The minimum absolute atomic E-state index is 0.122. The van der Waals surface area contributed by atoms with Crippen molar-refractivity contribution in [1.29, 1.82) is 0 Å². The van der Waals surface area contributed by atoms with E-state index in [4.69, 9.17) is 10.5 Å². The van der Waals surface area contributed by atoms with Crippen molar-refractivity contribution in [3.63, 3.8) is 0 Å². The van der Waals surface area contributed by atoms with Gasteiger partial charge in [0, 0.05) is 16.5 Å². The fraction of sp³-hybridized carbons (Fsp3) is 0.167. The van der Waals surface area contributed by atoms with Crippen LogP contribution < -0.4 is 16.0 Å². The first-order valence-electron chi connectivity index (χ1n) is 8.30. The Balaban J connectivity index is 1.98. The molecule has 0 aliphatic rings. The van der Waals surface area contributed by atoms with E-state index in [2.05, 4.69) is 20.2 Å². The lowest BCUT2D eigenvalue weighted by Gasteiger charge is -2.15. The summed E-state index contributed by atoms with van der Waals surface area (Å²) in [5.41, 5.74) is 6.57. The number of nitrogen functional groups attached to an aromatic ring is 1. The van der Waals surface area contributed by atoms with Crippen LogP contribution in [0.25, 0.3) is 33.1 Å². The number of pyridine rings is 2. The number of halogens is 4. The lowest BCUT2D eigenvalue weighted by Crippen LogP contribution is -2.20. The zero-order chi connectivity index (χ0) is 20.9. The highest BCUT2D eigenvalue weighted by Crippen LogP contribution is 2.37. The fourth-order valence-corrected chi connectivity index (χ4v) is 3.15. The van der Waals surface area contributed by atoms with Gasteiger partial charge in [-0.15, -0.1) is 0 Å². The van der Waals surface area contributed by atoms with E-state index in [1.165, 1.54) is 25.3 Å². The first-order chi connectivity index (χ1) is 13.7. The zero-order valence-electron chi connectivity index (χ0n) is 14.8. The van der Waals surface area contributed by atoms with E-state index in [0.717, 1.165) is 6.20 Å². The van der Waals surface area contributed by atoms with Crippen LogP contribution in [-0.4, -0.2) is 32.9 Å². The Morgan fingerprint density at radius 3 is 2.69 bits per heavy atom. The first kappa shape index (κ1) is 18.7. The van der Waals surface area contributed by atoms with Crippen LogP contribution in [0.2, 0.25) is 0 Å². The maximum atomic E-state index is 14.0. The fourth-order valence-electron chi connectivity index (χ4n) is 3.15. The van der Waals surface area contributed by atoms with Gasteiger partial charge in [0.25, 0.3) is 5.56 Å². The lowest BCUT2D eigenvalue weighted by molar-refractivity contribution is -0.153. The molecule has 0 saturated carbocycles. The topological polar surface area (TPSA) is 110 Å². The van der Waals surface area contributed by atoms with Crippen molar-refractivity contribution in [2.75, 3.05) is 12.3 Å². The van der Waals surface area contributed by atoms with Gasteiger partial charge in [0.1, 0.15) is 22.8 Å². The monoisotopic (exact) mass is 407 g/mol. The van der Waals surface area contributed by atoms with E-state index < -0.39 is 24.2 Å². The highest BCUT2D eigenvalue weighted by molar-refractivity contribution is 6.06. The SMILES string of the molecule is Cc1c(OCC(F)(F)F)cnc2c(-c3ccc(F)c4[nH]ncc34)c(N)c(=O)[nH]c12. The summed E-state index contributed by atoms with van der Waals surface area (Å²) in [5, 5.41) is 6.73. The number of alkyl halides is 3. The van der Waals surface area contributed by atoms with Crippen LogP contribution in [0, 0.1) is 12.7 Å². The van der Waals surface area contributed by atoms with Crippen molar-refractivity contribution in [1.82, 2.24) is 20.2 Å². The number of nitrogens with two attached hydrogens (primary N) is 1. The second-order valence-corrected chi connectivity index (χ2v) is 6.37. The van der Waals surface area contributed by atoms with Crippen LogP contribution >= 0.6 is 0 Å². The average molecular weight is 407 g/mol. The van der Waals surface area contributed by atoms with Gasteiger partial charge >= 0.3 is 6.18 Å². The minimum Gasteiger partial charge on any atom is -0.482 e. The number of aromatic nitrogens is 4. The Kier molecular flexibility index (Phi) is 4.17. The van der Waals surface area contributed by atoms with E-state index in [-0.39, 0.29) is 39.1 Å². The number of rotatable bonds is 3. The van der Waals surface area contributed by atoms with Gasteiger partial charge in [-0.3, -0.25) is 14.9 Å². The van der Waals surface area contributed by atoms with E-state index in [1.54, 1.807) is 0 Å². The molecule has 1 aromatic carbocycles. The molecule has 0 unspecified atom stereocenters. The number of benzene rings is 1. The van der Waals surface area contributed by atoms with E-state index in [9.17, 15) is 22.4 Å². The third-order valence-corrected chi connectivity index (χ3v) is 4.51. The molecule has 0 aliphatic carbocycles. The molecular formula is C18H13F4N5O2. The molecule has 4 N–H and O–H groups in total. The summed E-state index contributed by atoms with van der Waals surface area (Å²) >= 11 is 0. The third kappa shape index (κ3) is 3.13. The normalized spacial score (nSPS) is 12.0. The number of hydrogen-bond acceptors (Lipinski definition) is 5. The van der Waals surface area contributed by atoms with Gasteiger partial charge in [-0.25, -0.2) is 4.39 Å². The highest BCUT2D eigenvalue weighted by atomic mass is 19.4. The molecule has 0 amide bonds. The number of hydrogen-bond donors (Lipinski definition) is 3. The predicted octanol–water partition coefficient (Wildman–Crippen LogP) is 3.44. The van der Waals surface area contributed by atoms with Crippen molar-refractivity contribution in [3.05, 3.63) is 46.3 Å². The summed E-state index contributed by atoms with van der Waals surface area (Å²) in [6.45, 7) is -0.00950. The summed E-state index contributed by atoms with van der Waals surface area (Å²) in [4.78, 5) is 19.1. The Morgan fingerprint density at radius 1 is 1.21 bits per heavy atom. The molecule has 7 nitrogen and oxygen atoms in total. The van der Waals surface area contributed by atoms with Crippen molar-refractivity contribution in [2.45, 2.75) is 13.1 Å². The van der Waals surface area contributed by atoms with Crippen molar-refractivity contribution in [3.8, 4) is 16.9 Å². The average Bonchev–Trinajstić information content (AvgIpc) is 3.14. The number of aryl methyl sites for hydroxylation is 1. The summed E-state index contributed by atoms with van der Waals surface area (Å²) in [5.74, 6) is -0.672. The summed E-state index contributed by atoms with van der Waals surface area (Å²) in [6, 6.07) is 2.62. The van der Waals surface area contributed by atoms with Crippen molar-refractivity contribution in [2.24, 2.45) is 0 Å². The predicted molar refractivity (Wildman–Crippen MR) is 98.1 cm³/mol. The molecule has 4 rings (SSSR count). The molecule has 0 aliphatic heterocycles. The second-order valence-electron chi connectivity index (χ2n) is 6.37. The van der Waals surface area contributed by atoms with Gasteiger partial charge in [-0.1, -0.05) is 6.07 Å². The molecule has 3 aromatic heterocycles. The summed E-state index contributed by atoms with van der Waals surface area (Å²) in [6.07, 6.45) is -2.02. The van der Waals surface area contributed by atoms with Crippen molar-refractivity contribution >= 4 is 27.6 Å². The molecule has 0 spiro atoms. The number of H-pyrrole nitrogens is 2. The first-order valence-corrected chi connectivity index (χ1v) is 8.30. The molecule has 11 heteroatoms. The van der Waals surface area contributed by atoms with Gasteiger partial charge in [0.05, 0.1) is 23.4 Å². The van der Waals surface area contributed by atoms with Crippen LogP contribution in [0.5, 0.6) is 5.75 Å². The Labute approximate surface area is 159 Å². The van der Waals surface area contributed by atoms with Crippen LogP contribution in [-0.2, 0) is 0 Å². The molecule has 29 heavy (non-hydrogen) atoms. The number of aromatic amines is 2. The summed E-state index contributed by atoms with van der Waals surface area (Å²) < 4.78 is 56.2. The van der Waals surface area contributed by atoms with Gasteiger partial charge in [0.15, 0.2) is 6.61 Å². The van der Waals surface area contributed by atoms with Gasteiger partial charge in [-0.05, 0) is 18.6 Å². The standard InChI is InChI=1S/C18H13F4N5O2/c1-7-11(29-6-18(20,21)22)5-24-16-12(13(23)17(28)26-14(7)16)8-2-3-10(19)15-9(8)4-25-27-15/h2-5H,6,23H2,1H3,(H,25,27)(H,26,28). The van der Waals surface area contributed by atoms with Crippen LogP contribution in [0.15, 0.2) is 29.3 Å². The van der Waals surface area contributed by atoms with E-state index in [1.807, 2.05) is 0 Å². The lowest BCUT2D eigenvalue weighted by atomic mass is 9.98. The number of nitrogens with zero attached hydrogens (tertiary/aromatic N) is 2. The largest absolute Gasteiger partial charge is 0.482 e. The Bertz CT molecular complexity index is 1310. The van der Waals surface area contributed by atoms with Gasteiger partial charge < -0.3 is 15.5 Å². The number of anilines is 1. The van der Waals surface area contributed by atoms with E-state index >= 15 is 0 Å².